The molecule has 2 rings (SSSR count). The second kappa shape index (κ2) is 4.21. The predicted octanol–water partition coefficient (Wildman–Crippen LogP) is 1.54. The Kier molecular flexibility index (Phi) is 2.91. The molecule has 0 spiro atoms. The van der Waals surface area contributed by atoms with E-state index in [9.17, 15) is 0 Å². The van der Waals surface area contributed by atoms with Gasteiger partial charge in [-0.15, -0.1) is 5.10 Å². The number of rotatable bonds is 3. The molecule has 5 nitrogen and oxygen atoms in total. The molecule has 0 aliphatic heterocycles. The van der Waals surface area contributed by atoms with Crippen molar-refractivity contribution in [3.63, 3.8) is 0 Å². The Morgan fingerprint density at radius 2 is 2.12 bits per heavy atom. The zero-order chi connectivity index (χ0) is 11.7. The second-order valence-corrected chi connectivity index (χ2v) is 4.53. The molecular weight excluding hydrogens is 222 g/mol. The van der Waals surface area contributed by atoms with Gasteiger partial charge in [0.25, 0.3) is 0 Å². The fourth-order valence-electron chi connectivity index (χ4n) is 1.87. The van der Waals surface area contributed by atoms with Crippen LogP contribution in [0.2, 0.25) is 0 Å². The van der Waals surface area contributed by atoms with E-state index in [0.29, 0.717) is 11.5 Å². The van der Waals surface area contributed by atoms with Crippen LogP contribution in [0.15, 0.2) is 0 Å². The monoisotopic (exact) mass is 237 g/mol. The number of hydrogen-bond acceptors (Lipinski definition) is 5. The molecule has 16 heavy (non-hydrogen) atoms. The van der Waals surface area contributed by atoms with Crippen LogP contribution in [0.3, 0.4) is 0 Å². The van der Waals surface area contributed by atoms with Gasteiger partial charge in [-0.1, -0.05) is 11.4 Å². The van der Waals surface area contributed by atoms with E-state index < -0.39 is 0 Å². The summed E-state index contributed by atoms with van der Waals surface area (Å²) in [5.41, 5.74) is 10.2. The molecule has 0 saturated heterocycles. The third-order valence-corrected chi connectivity index (χ3v) is 3.37. The smallest absolute Gasteiger partial charge is 0.132 e. The van der Waals surface area contributed by atoms with E-state index in [0.717, 1.165) is 17.8 Å². The first-order chi connectivity index (χ1) is 7.63. The lowest BCUT2D eigenvalue weighted by atomic mass is 10.1. The van der Waals surface area contributed by atoms with Gasteiger partial charge >= 0.3 is 0 Å². The molecule has 6 heteroatoms. The molecule has 0 aliphatic carbocycles. The molecular formula is C10H15N5S. The molecule has 0 amide bonds. The van der Waals surface area contributed by atoms with Crippen LogP contribution in [0.5, 0.6) is 0 Å². The van der Waals surface area contributed by atoms with Crippen molar-refractivity contribution in [2.75, 3.05) is 5.73 Å². The van der Waals surface area contributed by atoms with Crippen LogP contribution in [-0.2, 0) is 13.0 Å². The van der Waals surface area contributed by atoms with Crippen molar-refractivity contribution in [3.05, 3.63) is 22.6 Å². The van der Waals surface area contributed by atoms with Gasteiger partial charge in [-0.05, 0) is 25.8 Å². The lowest BCUT2D eigenvalue weighted by Gasteiger charge is -2.02. The molecule has 0 radical (unpaired) electrons. The summed E-state index contributed by atoms with van der Waals surface area (Å²) >= 11 is 1.22. The van der Waals surface area contributed by atoms with Gasteiger partial charge in [-0.3, -0.25) is 4.68 Å². The summed E-state index contributed by atoms with van der Waals surface area (Å²) in [6.45, 7) is 6.86. The van der Waals surface area contributed by atoms with E-state index in [1.165, 1.54) is 22.8 Å². The Balaban J connectivity index is 2.32. The van der Waals surface area contributed by atoms with Crippen molar-refractivity contribution < 1.29 is 0 Å². The standard InChI is InChI=1S/C10H15N5S/c1-4-8-6(2)13-15(7(8)3)5-9-10(11)16-14-12-9/h4-5,11H2,1-3H3. The largest absolute Gasteiger partial charge is 0.388 e. The fraction of sp³-hybridized carbons (Fsp3) is 0.500. The van der Waals surface area contributed by atoms with Crippen LogP contribution in [0.4, 0.5) is 5.00 Å². The highest BCUT2D eigenvalue weighted by Gasteiger charge is 2.12. The van der Waals surface area contributed by atoms with Gasteiger partial charge in [0.1, 0.15) is 10.7 Å². The van der Waals surface area contributed by atoms with Crippen LogP contribution in [-0.4, -0.2) is 19.4 Å². The molecule has 0 bridgehead atoms. The van der Waals surface area contributed by atoms with E-state index in [1.807, 2.05) is 11.6 Å². The summed E-state index contributed by atoms with van der Waals surface area (Å²) in [4.78, 5) is 0. The third kappa shape index (κ3) is 1.80. The highest BCUT2D eigenvalue weighted by molar-refractivity contribution is 7.09. The Bertz CT molecular complexity index is 499. The highest BCUT2D eigenvalue weighted by Crippen LogP contribution is 2.18. The topological polar surface area (TPSA) is 69.6 Å². The van der Waals surface area contributed by atoms with E-state index in [1.54, 1.807) is 0 Å². The summed E-state index contributed by atoms with van der Waals surface area (Å²) in [5.74, 6) is 0. The molecule has 2 heterocycles. The van der Waals surface area contributed by atoms with Crippen LogP contribution < -0.4 is 5.73 Å². The van der Waals surface area contributed by atoms with Crippen molar-refractivity contribution in [3.8, 4) is 0 Å². The normalized spacial score (nSPS) is 10.9. The van der Waals surface area contributed by atoms with Crippen molar-refractivity contribution in [1.82, 2.24) is 19.4 Å². The first-order valence-corrected chi connectivity index (χ1v) is 6.00. The van der Waals surface area contributed by atoms with Crippen molar-refractivity contribution >= 4 is 16.5 Å². The average Bonchev–Trinajstić information content (AvgIpc) is 2.74. The lowest BCUT2D eigenvalue weighted by molar-refractivity contribution is 0.645. The Labute approximate surface area is 98.4 Å². The van der Waals surface area contributed by atoms with Crippen LogP contribution >= 0.6 is 11.5 Å². The van der Waals surface area contributed by atoms with Crippen molar-refractivity contribution in [1.29, 1.82) is 0 Å². The van der Waals surface area contributed by atoms with Gasteiger partial charge in [0.2, 0.25) is 0 Å². The Hall–Kier alpha value is -1.43. The molecule has 2 N–H and O–H groups in total. The van der Waals surface area contributed by atoms with Gasteiger partial charge in [-0.2, -0.15) is 5.10 Å². The summed E-state index contributed by atoms with van der Waals surface area (Å²) in [6.07, 6.45) is 1.00. The summed E-state index contributed by atoms with van der Waals surface area (Å²) < 4.78 is 5.77. The maximum absolute atomic E-state index is 5.77. The van der Waals surface area contributed by atoms with Gasteiger partial charge in [0.05, 0.1) is 12.2 Å². The van der Waals surface area contributed by atoms with Crippen LogP contribution in [0.1, 0.15) is 29.6 Å². The third-order valence-electron chi connectivity index (χ3n) is 2.77. The SMILES string of the molecule is CCc1c(C)nn(Cc2nnsc2N)c1C. The molecule has 0 saturated carbocycles. The maximum Gasteiger partial charge on any atom is 0.132 e. The number of aryl methyl sites for hydroxylation is 1. The first-order valence-electron chi connectivity index (χ1n) is 5.23. The number of nitrogens with two attached hydrogens (primary N) is 1. The molecule has 86 valence electrons. The lowest BCUT2D eigenvalue weighted by Crippen LogP contribution is -2.06. The minimum atomic E-state index is 0.606. The van der Waals surface area contributed by atoms with E-state index in [2.05, 4.69) is 28.5 Å². The molecule has 0 atom stereocenters. The van der Waals surface area contributed by atoms with E-state index in [-0.39, 0.29) is 0 Å². The van der Waals surface area contributed by atoms with Gasteiger partial charge < -0.3 is 5.73 Å². The Morgan fingerprint density at radius 1 is 1.38 bits per heavy atom. The predicted molar refractivity (Wildman–Crippen MR) is 64.5 cm³/mol. The number of nitrogen functional groups attached to an aromatic ring is 1. The molecule has 2 aromatic rings. The van der Waals surface area contributed by atoms with E-state index >= 15 is 0 Å². The van der Waals surface area contributed by atoms with Crippen LogP contribution in [0, 0.1) is 13.8 Å². The minimum absolute atomic E-state index is 0.606. The maximum atomic E-state index is 5.77. The Morgan fingerprint density at radius 3 is 2.62 bits per heavy atom. The number of anilines is 1. The molecule has 0 aliphatic rings. The van der Waals surface area contributed by atoms with Crippen molar-refractivity contribution in [2.24, 2.45) is 0 Å². The second-order valence-electron chi connectivity index (χ2n) is 3.74. The van der Waals surface area contributed by atoms with Crippen LogP contribution in [0.25, 0.3) is 0 Å². The minimum Gasteiger partial charge on any atom is -0.388 e. The summed E-state index contributed by atoms with van der Waals surface area (Å²) in [7, 11) is 0. The number of aromatic nitrogens is 4. The number of hydrogen-bond donors (Lipinski definition) is 1. The van der Waals surface area contributed by atoms with Gasteiger partial charge in [0.15, 0.2) is 0 Å². The quantitative estimate of drug-likeness (QED) is 0.879. The zero-order valence-corrected chi connectivity index (χ0v) is 10.5. The highest BCUT2D eigenvalue weighted by atomic mass is 32.1. The molecule has 2 aromatic heterocycles. The van der Waals surface area contributed by atoms with E-state index in [4.69, 9.17) is 5.73 Å². The van der Waals surface area contributed by atoms with Gasteiger partial charge in [-0.25, -0.2) is 0 Å². The fourth-order valence-corrected chi connectivity index (χ4v) is 2.30. The molecule has 0 unspecified atom stereocenters. The van der Waals surface area contributed by atoms with Gasteiger partial charge in [0, 0.05) is 17.2 Å². The number of nitrogens with zero attached hydrogens (tertiary/aromatic N) is 4. The van der Waals surface area contributed by atoms with Crippen molar-refractivity contribution in [2.45, 2.75) is 33.7 Å². The molecule has 0 fully saturated rings. The first kappa shape index (κ1) is 11.1. The average molecular weight is 237 g/mol. The zero-order valence-electron chi connectivity index (χ0n) is 9.69. The summed E-state index contributed by atoms with van der Waals surface area (Å²) in [5, 5.41) is 9.17. The molecule has 0 aromatic carbocycles. The summed E-state index contributed by atoms with van der Waals surface area (Å²) in [6, 6.07) is 0.